The van der Waals surface area contributed by atoms with Crippen molar-refractivity contribution >= 4 is 10.9 Å². The summed E-state index contributed by atoms with van der Waals surface area (Å²) in [6, 6.07) is 9.35. The Morgan fingerprint density at radius 1 is 1.22 bits per heavy atom. The van der Waals surface area contributed by atoms with Crippen LogP contribution in [0, 0.1) is 11.8 Å². The summed E-state index contributed by atoms with van der Waals surface area (Å²) in [6.07, 6.45) is 4.71. The van der Waals surface area contributed by atoms with Gasteiger partial charge in [-0.3, -0.25) is 0 Å². The Hall–Kier alpha value is -1.28. The predicted octanol–water partition coefficient (Wildman–Crippen LogP) is 3.69. The number of benzene rings is 1. The maximum atomic E-state index is 3.74. The maximum Gasteiger partial charge on any atom is 0.0499 e. The molecular formula is C16H22N2. The molecule has 3 unspecified atom stereocenters. The zero-order valence-corrected chi connectivity index (χ0v) is 11.2. The van der Waals surface area contributed by atoms with Crippen molar-refractivity contribution in [3.8, 4) is 0 Å². The minimum atomic E-state index is 0.685. The number of aromatic amines is 1. The lowest BCUT2D eigenvalue weighted by molar-refractivity contribution is 0.370. The number of H-pyrrole nitrogens is 1. The van der Waals surface area contributed by atoms with Crippen molar-refractivity contribution in [1.82, 2.24) is 10.3 Å². The summed E-state index contributed by atoms with van der Waals surface area (Å²) in [5.74, 6) is 1.66. The van der Waals surface area contributed by atoms with Crippen molar-refractivity contribution in [2.45, 2.75) is 39.3 Å². The molecule has 18 heavy (non-hydrogen) atoms. The molecule has 0 radical (unpaired) electrons. The smallest absolute Gasteiger partial charge is 0.0499 e. The summed E-state index contributed by atoms with van der Waals surface area (Å²) in [4.78, 5) is 3.34. The topological polar surface area (TPSA) is 27.8 Å². The van der Waals surface area contributed by atoms with E-state index in [9.17, 15) is 0 Å². The molecule has 2 aromatic rings. The van der Waals surface area contributed by atoms with E-state index in [1.807, 2.05) is 6.20 Å². The van der Waals surface area contributed by atoms with E-state index in [-0.39, 0.29) is 0 Å². The van der Waals surface area contributed by atoms with Gasteiger partial charge in [0.05, 0.1) is 0 Å². The van der Waals surface area contributed by atoms with Crippen LogP contribution in [0.15, 0.2) is 30.5 Å². The molecule has 2 N–H and O–H groups in total. The van der Waals surface area contributed by atoms with Crippen molar-refractivity contribution in [2.75, 3.05) is 0 Å². The standard InChI is InChI=1S/C16H22N2/c1-11-6-7-15(12(11)2)18-10-14-5-3-4-13-8-9-17-16(13)14/h3-5,8-9,11-12,15,17-18H,6-7,10H2,1-2H3. The van der Waals surface area contributed by atoms with Crippen molar-refractivity contribution in [3.05, 3.63) is 36.0 Å². The largest absolute Gasteiger partial charge is 0.361 e. The second kappa shape index (κ2) is 4.77. The third kappa shape index (κ3) is 2.05. The number of nitrogens with one attached hydrogen (secondary N) is 2. The van der Waals surface area contributed by atoms with Gasteiger partial charge in [0.15, 0.2) is 0 Å². The van der Waals surface area contributed by atoms with Crippen LogP contribution in [0.5, 0.6) is 0 Å². The lowest BCUT2D eigenvalue weighted by Gasteiger charge is -2.20. The third-order valence-electron chi connectivity index (χ3n) is 4.69. The van der Waals surface area contributed by atoms with Gasteiger partial charge in [-0.25, -0.2) is 0 Å². The quantitative estimate of drug-likeness (QED) is 0.844. The highest BCUT2D eigenvalue weighted by Crippen LogP contribution is 2.31. The van der Waals surface area contributed by atoms with Crippen LogP contribution in [0.25, 0.3) is 10.9 Å². The fourth-order valence-electron chi connectivity index (χ4n) is 3.19. The Morgan fingerprint density at radius 2 is 2.11 bits per heavy atom. The van der Waals surface area contributed by atoms with Crippen LogP contribution < -0.4 is 5.32 Å². The fourth-order valence-corrected chi connectivity index (χ4v) is 3.19. The molecule has 0 saturated heterocycles. The second-order valence-electron chi connectivity index (χ2n) is 5.76. The first-order valence-corrected chi connectivity index (χ1v) is 7.04. The highest BCUT2D eigenvalue weighted by molar-refractivity contribution is 5.82. The lowest BCUT2D eigenvalue weighted by atomic mass is 9.97. The Bertz CT molecular complexity index is 529. The molecule has 3 atom stereocenters. The molecule has 1 aromatic heterocycles. The average molecular weight is 242 g/mol. The first-order chi connectivity index (χ1) is 8.75. The SMILES string of the molecule is CC1CCC(NCc2cccc3cc[nH]c23)C1C. The minimum absolute atomic E-state index is 0.685. The second-order valence-corrected chi connectivity index (χ2v) is 5.76. The summed E-state index contributed by atoms with van der Waals surface area (Å²) < 4.78 is 0. The molecule has 1 saturated carbocycles. The highest BCUT2D eigenvalue weighted by atomic mass is 14.9. The molecule has 0 bridgehead atoms. The van der Waals surface area contributed by atoms with Gasteiger partial charge >= 0.3 is 0 Å². The zero-order valence-electron chi connectivity index (χ0n) is 11.2. The average Bonchev–Trinajstić information content (AvgIpc) is 2.97. The van der Waals surface area contributed by atoms with Gasteiger partial charge in [-0.2, -0.15) is 0 Å². The summed E-state index contributed by atoms with van der Waals surface area (Å²) in [5, 5.41) is 5.05. The van der Waals surface area contributed by atoms with Gasteiger partial charge in [-0.1, -0.05) is 32.0 Å². The Labute approximate surface area is 109 Å². The summed E-state index contributed by atoms with van der Waals surface area (Å²) in [7, 11) is 0. The van der Waals surface area contributed by atoms with Crippen LogP contribution in [0.4, 0.5) is 0 Å². The molecule has 1 aliphatic carbocycles. The van der Waals surface area contributed by atoms with Crippen LogP contribution in [0.1, 0.15) is 32.3 Å². The van der Waals surface area contributed by atoms with Gasteiger partial charge in [0.25, 0.3) is 0 Å². The predicted molar refractivity (Wildman–Crippen MR) is 76.5 cm³/mol. The van der Waals surface area contributed by atoms with E-state index in [2.05, 4.69) is 48.4 Å². The monoisotopic (exact) mass is 242 g/mol. The number of rotatable bonds is 3. The highest BCUT2D eigenvalue weighted by Gasteiger charge is 2.29. The zero-order chi connectivity index (χ0) is 12.5. The number of hydrogen-bond donors (Lipinski definition) is 2. The van der Waals surface area contributed by atoms with Gasteiger partial charge < -0.3 is 10.3 Å². The van der Waals surface area contributed by atoms with Crippen molar-refractivity contribution in [3.63, 3.8) is 0 Å². The molecular weight excluding hydrogens is 220 g/mol. The van der Waals surface area contributed by atoms with Crippen LogP contribution in [0.2, 0.25) is 0 Å². The van der Waals surface area contributed by atoms with Crippen LogP contribution >= 0.6 is 0 Å². The van der Waals surface area contributed by atoms with E-state index in [4.69, 9.17) is 0 Å². The van der Waals surface area contributed by atoms with Crippen molar-refractivity contribution < 1.29 is 0 Å². The van der Waals surface area contributed by atoms with Gasteiger partial charge in [-0.05, 0) is 41.7 Å². The van der Waals surface area contributed by atoms with E-state index in [0.29, 0.717) is 6.04 Å². The molecule has 1 aliphatic rings. The van der Waals surface area contributed by atoms with Crippen LogP contribution in [-0.4, -0.2) is 11.0 Å². The normalized spacial score (nSPS) is 28.0. The molecule has 1 fully saturated rings. The summed E-state index contributed by atoms with van der Waals surface area (Å²) >= 11 is 0. The van der Waals surface area contributed by atoms with Crippen LogP contribution in [0.3, 0.4) is 0 Å². The first-order valence-electron chi connectivity index (χ1n) is 7.04. The maximum absolute atomic E-state index is 3.74. The van der Waals surface area contributed by atoms with Gasteiger partial charge in [0.1, 0.15) is 0 Å². The lowest BCUT2D eigenvalue weighted by Crippen LogP contribution is -2.31. The first kappa shape index (κ1) is 11.8. The van der Waals surface area contributed by atoms with E-state index in [1.165, 1.54) is 29.3 Å². The van der Waals surface area contributed by atoms with Crippen LogP contribution in [-0.2, 0) is 6.54 Å². The van der Waals surface area contributed by atoms with Gasteiger partial charge in [0, 0.05) is 24.3 Å². The fraction of sp³-hybridized carbons (Fsp3) is 0.500. The molecule has 2 nitrogen and oxygen atoms in total. The molecule has 2 heteroatoms. The summed E-state index contributed by atoms with van der Waals surface area (Å²) in [5.41, 5.74) is 2.66. The number of hydrogen-bond acceptors (Lipinski definition) is 1. The molecule has 1 aromatic carbocycles. The molecule has 1 heterocycles. The Morgan fingerprint density at radius 3 is 2.89 bits per heavy atom. The molecule has 3 rings (SSSR count). The molecule has 0 amide bonds. The number of aromatic nitrogens is 1. The molecule has 96 valence electrons. The Kier molecular flexibility index (Phi) is 3.13. The van der Waals surface area contributed by atoms with Gasteiger partial charge in [-0.15, -0.1) is 0 Å². The van der Waals surface area contributed by atoms with E-state index >= 15 is 0 Å². The van der Waals surface area contributed by atoms with Gasteiger partial charge in [0.2, 0.25) is 0 Å². The number of fused-ring (bicyclic) bond motifs is 1. The number of para-hydroxylation sites is 1. The van der Waals surface area contributed by atoms with Crippen molar-refractivity contribution in [1.29, 1.82) is 0 Å². The molecule has 0 aliphatic heterocycles. The van der Waals surface area contributed by atoms with E-state index in [1.54, 1.807) is 0 Å². The van der Waals surface area contributed by atoms with E-state index < -0.39 is 0 Å². The molecule has 0 spiro atoms. The minimum Gasteiger partial charge on any atom is -0.361 e. The summed E-state index contributed by atoms with van der Waals surface area (Å²) in [6.45, 7) is 5.72. The third-order valence-corrected chi connectivity index (χ3v) is 4.69. The Balaban J connectivity index is 1.72. The van der Waals surface area contributed by atoms with Crippen molar-refractivity contribution in [2.24, 2.45) is 11.8 Å². The van der Waals surface area contributed by atoms with E-state index in [0.717, 1.165) is 18.4 Å².